The molecule has 1 aromatic rings. The third-order valence-corrected chi connectivity index (χ3v) is 2.47. The lowest BCUT2D eigenvalue weighted by molar-refractivity contribution is -0.123. The van der Waals surface area contributed by atoms with Gasteiger partial charge in [-0.15, -0.1) is 0 Å². The molecule has 0 aliphatic rings. The number of primary amides is 1. The van der Waals surface area contributed by atoms with E-state index in [0.29, 0.717) is 25.2 Å². The topological polar surface area (TPSA) is 126 Å². The summed E-state index contributed by atoms with van der Waals surface area (Å²) in [5.41, 5.74) is 5.06. The van der Waals surface area contributed by atoms with Crippen molar-refractivity contribution in [2.45, 2.75) is 32.7 Å². The summed E-state index contributed by atoms with van der Waals surface area (Å²) in [6, 6.07) is -1.30. The molecule has 106 valence electrons. The van der Waals surface area contributed by atoms with E-state index in [1.54, 1.807) is 0 Å². The Morgan fingerprint density at radius 1 is 1.47 bits per heavy atom. The van der Waals surface area contributed by atoms with Crippen molar-refractivity contribution in [3.05, 3.63) is 12.2 Å². The van der Waals surface area contributed by atoms with Gasteiger partial charge in [0.25, 0.3) is 0 Å². The van der Waals surface area contributed by atoms with Crippen molar-refractivity contribution < 1.29 is 9.59 Å². The molecule has 1 unspecified atom stereocenters. The maximum atomic E-state index is 11.9. The van der Waals surface area contributed by atoms with Gasteiger partial charge in [0.2, 0.25) is 5.91 Å². The van der Waals surface area contributed by atoms with Gasteiger partial charge >= 0.3 is 6.03 Å². The summed E-state index contributed by atoms with van der Waals surface area (Å²) in [6.45, 7) is 4.36. The number of hydrogen-bond donors (Lipinski definition) is 4. The summed E-state index contributed by atoms with van der Waals surface area (Å²) in [7, 11) is 0. The minimum Gasteiger partial charge on any atom is -0.354 e. The van der Waals surface area contributed by atoms with Crippen LogP contribution in [-0.2, 0) is 11.2 Å². The molecular weight excluding hydrogens is 248 g/mol. The highest BCUT2D eigenvalue weighted by Gasteiger charge is 2.20. The Bertz CT molecular complexity index is 403. The summed E-state index contributed by atoms with van der Waals surface area (Å²) in [4.78, 5) is 26.7. The Morgan fingerprint density at radius 2 is 2.21 bits per heavy atom. The van der Waals surface area contributed by atoms with Crippen LogP contribution in [0.5, 0.6) is 0 Å². The summed E-state index contributed by atoms with van der Waals surface area (Å²) >= 11 is 0. The number of aromatic amines is 1. The monoisotopic (exact) mass is 268 g/mol. The van der Waals surface area contributed by atoms with Crippen LogP contribution in [0.2, 0.25) is 0 Å². The summed E-state index contributed by atoms with van der Waals surface area (Å²) in [5, 5.41) is 11.6. The van der Waals surface area contributed by atoms with Gasteiger partial charge in [0.15, 0.2) is 0 Å². The minimum absolute atomic E-state index is 0.244. The second-order valence-electron chi connectivity index (χ2n) is 4.66. The molecule has 1 atom stereocenters. The van der Waals surface area contributed by atoms with Crippen molar-refractivity contribution >= 4 is 11.9 Å². The molecule has 8 nitrogen and oxygen atoms in total. The predicted molar refractivity (Wildman–Crippen MR) is 69.1 cm³/mol. The lowest BCUT2D eigenvalue weighted by atomic mass is 10.0. The van der Waals surface area contributed by atoms with Crippen LogP contribution in [0.1, 0.15) is 26.1 Å². The highest BCUT2D eigenvalue weighted by molar-refractivity contribution is 5.86. The quantitative estimate of drug-likeness (QED) is 0.534. The molecule has 0 spiro atoms. The van der Waals surface area contributed by atoms with Crippen LogP contribution >= 0.6 is 0 Å². The van der Waals surface area contributed by atoms with E-state index in [1.165, 1.54) is 6.33 Å². The van der Waals surface area contributed by atoms with Crippen molar-refractivity contribution in [3.63, 3.8) is 0 Å². The maximum absolute atomic E-state index is 11.9. The van der Waals surface area contributed by atoms with Gasteiger partial charge in [-0.3, -0.25) is 9.89 Å². The smallest absolute Gasteiger partial charge is 0.312 e. The number of aromatic nitrogens is 3. The standard InChI is InChI=1S/C11H20N6O2/c1-7(2)5-8(16-11(12)19)10(18)13-4-3-9-14-6-15-17-9/h6-8H,3-5H2,1-2H3,(H,13,18)(H3,12,16,19)(H,14,15,17). The fourth-order valence-corrected chi connectivity index (χ4v) is 1.65. The molecule has 1 heterocycles. The Balaban J connectivity index is 2.40. The van der Waals surface area contributed by atoms with Gasteiger partial charge in [-0.25, -0.2) is 9.78 Å². The summed E-state index contributed by atoms with van der Waals surface area (Å²) in [6.07, 6.45) is 2.50. The van der Waals surface area contributed by atoms with E-state index in [4.69, 9.17) is 5.73 Å². The Hall–Kier alpha value is -2.12. The number of carbonyl (C=O) groups is 2. The van der Waals surface area contributed by atoms with E-state index in [-0.39, 0.29) is 11.8 Å². The molecule has 0 bridgehead atoms. The molecule has 0 aliphatic carbocycles. The zero-order valence-corrected chi connectivity index (χ0v) is 11.1. The highest BCUT2D eigenvalue weighted by Crippen LogP contribution is 2.04. The average molecular weight is 268 g/mol. The molecular formula is C11H20N6O2. The first-order valence-electron chi connectivity index (χ1n) is 6.17. The fraction of sp³-hybridized carbons (Fsp3) is 0.636. The van der Waals surface area contributed by atoms with Gasteiger partial charge < -0.3 is 16.4 Å². The van der Waals surface area contributed by atoms with Gasteiger partial charge in [0.05, 0.1) is 0 Å². The zero-order chi connectivity index (χ0) is 14.3. The van der Waals surface area contributed by atoms with Crippen LogP contribution in [0.4, 0.5) is 4.79 Å². The van der Waals surface area contributed by atoms with E-state index in [0.717, 1.165) is 0 Å². The summed E-state index contributed by atoms with van der Waals surface area (Å²) < 4.78 is 0. The molecule has 1 rings (SSSR count). The second kappa shape index (κ2) is 7.34. The molecule has 8 heteroatoms. The first-order valence-corrected chi connectivity index (χ1v) is 6.17. The van der Waals surface area contributed by atoms with E-state index < -0.39 is 12.1 Å². The van der Waals surface area contributed by atoms with Crippen molar-refractivity contribution in [1.29, 1.82) is 0 Å². The molecule has 0 saturated heterocycles. The first kappa shape index (κ1) is 14.9. The molecule has 5 N–H and O–H groups in total. The molecule has 0 saturated carbocycles. The largest absolute Gasteiger partial charge is 0.354 e. The average Bonchev–Trinajstić information content (AvgIpc) is 2.79. The van der Waals surface area contributed by atoms with Gasteiger partial charge in [0.1, 0.15) is 18.2 Å². The summed E-state index contributed by atoms with van der Waals surface area (Å²) in [5.74, 6) is 0.729. The molecule has 0 radical (unpaired) electrons. The molecule has 1 aromatic heterocycles. The highest BCUT2D eigenvalue weighted by atomic mass is 16.2. The van der Waals surface area contributed by atoms with Gasteiger partial charge in [0, 0.05) is 13.0 Å². The minimum atomic E-state index is -0.698. The number of nitrogens with one attached hydrogen (secondary N) is 3. The number of nitrogens with zero attached hydrogens (tertiary/aromatic N) is 2. The van der Waals surface area contributed by atoms with Crippen molar-refractivity contribution in [2.75, 3.05) is 6.54 Å². The number of H-pyrrole nitrogens is 1. The van der Waals surface area contributed by atoms with Crippen LogP contribution in [0, 0.1) is 5.92 Å². The van der Waals surface area contributed by atoms with E-state index in [1.807, 2.05) is 13.8 Å². The van der Waals surface area contributed by atoms with E-state index in [2.05, 4.69) is 25.8 Å². The van der Waals surface area contributed by atoms with Gasteiger partial charge in [-0.1, -0.05) is 13.8 Å². The third kappa shape index (κ3) is 5.84. The molecule has 0 fully saturated rings. The normalized spacial score (nSPS) is 12.2. The molecule has 3 amide bonds. The third-order valence-electron chi connectivity index (χ3n) is 2.47. The van der Waals surface area contributed by atoms with Crippen LogP contribution in [0.15, 0.2) is 6.33 Å². The molecule has 0 aromatic carbocycles. The Labute approximate surface area is 111 Å². The van der Waals surface area contributed by atoms with Crippen LogP contribution < -0.4 is 16.4 Å². The van der Waals surface area contributed by atoms with Crippen molar-refractivity contribution in [2.24, 2.45) is 11.7 Å². The number of hydrogen-bond acceptors (Lipinski definition) is 4. The van der Waals surface area contributed by atoms with Crippen LogP contribution in [-0.4, -0.2) is 39.7 Å². The number of nitrogens with two attached hydrogens (primary N) is 1. The number of rotatable bonds is 7. The van der Waals surface area contributed by atoms with Crippen molar-refractivity contribution in [1.82, 2.24) is 25.8 Å². The zero-order valence-electron chi connectivity index (χ0n) is 11.1. The van der Waals surface area contributed by atoms with E-state index in [9.17, 15) is 9.59 Å². The molecule has 0 aliphatic heterocycles. The number of carbonyl (C=O) groups excluding carboxylic acids is 2. The maximum Gasteiger partial charge on any atom is 0.312 e. The molecule has 19 heavy (non-hydrogen) atoms. The van der Waals surface area contributed by atoms with Crippen molar-refractivity contribution in [3.8, 4) is 0 Å². The van der Waals surface area contributed by atoms with Crippen LogP contribution in [0.25, 0.3) is 0 Å². The first-order chi connectivity index (χ1) is 8.99. The SMILES string of the molecule is CC(C)CC(NC(N)=O)C(=O)NCCc1ncn[nH]1. The fourth-order valence-electron chi connectivity index (χ4n) is 1.65. The Morgan fingerprint density at radius 3 is 2.74 bits per heavy atom. The van der Waals surface area contributed by atoms with Gasteiger partial charge in [-0.2, -0.15) is 5.10 Å². The van der Waals surface area contributed by atoms with Gasteiger partial charge in [-0.05, 0) is 12.3 Å². The lowest BCUT2D eigenvalue weighted by Gasteiger charge is -2.18. The number of urea groups is 1. The van der Waals surface area contributed by atoms with E-state index >= 15 is 0 Å². The number of amides is 3. The van der Waals surface area contributed by atoms with Crippen LogP contribution in [0.3, 0.4) is 0 Å². The lowest BCUT2D eigenvalue weighted by Crippen LogP contribution is -2.49. The predicted octanol–water partition coefficient (Wildman–Crippen LogP) is -0.454. The Kier molecular flexibility index (Phi) is 5.77. The second-order valence-corrected chi connectivity index (χ2v) is 4.66.